The lowest BCUT2D eigenvalue weighted by atomic mass is 9.97. The standard InChI is InChI=1S/C16H20N2O3S/c1-11-14-10-13(22(20,21)17-6-2-3-7-17)9-12-5-4-8-18(15(12)14)16(11)19/h9-11H,2-8H2,1H3/t11-/m1/s1. The molecule has 0 aromatic heterocycles. The van der Waals surface area contributed by atoms with Crippen molar-refractivity contribution in [1.29, 1.82) is 0 Å². The maximum absolute atomic E-state index is 12.8. The van der Waals surface area contributed by atoms with E-state index in [1.807, 2.05) is 11.8 Å². The van der Waals surface area contributed by atoms with Crippen LogP contribution in [0.1, 0.15) is 43.2 Å². The first-order chi connectivity index (χ1) is 10.5. The summed E-state index contributed by atoms with van der Waals surface area (Å²) in [5.74, 6) is -0.132. The highest BCUT2D eigenvalue weighted by molar-refractivity contribution is 7.89. The molecule has 0 saturated carbocycles. The van der Waals surface area contributed by atoms with Crippen LogP contribution in [-0.4, -0.2) is 38.3 Å². The van der Waals surface area contributed by atoms with Crippen molar-refractivity contribution in [3.63, 3.8) is 0 Å². The number of aryl methyl sites for hydroxylation is 1. The molecule has 6 heteroatoms. The summed E-state index contributed by atoms with van der Waals surface area (Å²) in [5, 5.41) is 0. The van der Waals surface area contributed by atoms with Crippen molar-refractivity contribution in [3.8, 4) is 0 Å². The van der Waals surface area contributed by atoms with E-state index in [2.05, 4.69) is 0 Å². The fourth-order valence-electron chi connectivity index (χ4n) is 3.89. The number of amides is 1. The van der Waals surface area contributed by atoms with Crippen molar-refractivity contribution in [1.82, 2.24) is 4.31 Å². The highest BCUT2D eigenvalue weighted by atomic mass is 32.2. The van der Waals surface area contributed by atoms with E-state index < -0.39 is 10.0 Å². The fraction of sp³-hybridized carbons (Fsp3) is 0.562. The molecule has 0 spiro atoms. The molecule has 0 aliphatic carbocycles. The largest absolute Gasteiger partial charge is 0.311 e. The number of benzene rings is 1. The third-order valence-corrected chi connectivity index (χ3v) is 6.97. The Labute approximate surface area is 131 Å². The van der Waals surface area contributed by atoms with Crippen LogP contribution in [-0.2, 0) is 21.2 Å². The van der Waals surface area contributed by atoms with E-state index in [1.54, 1.807) is 16.4 Å². The first-order valence-electron chi connectivity index (χ1n) is 7.98. The third kappa shape index (κ3) is 1.86. The molecular formula is C16H20N2O3S. The molecule has 22 heavy (non-hydrogen) atoms. The van der Waals surface area contributed by atoms with E-state index in [0.29, 0.717) is 18.0 Å². The van der Waals surface area contributed by atoms with Crippen LogP contribution in [0.4, 0.5) is 5.69 Å². The lowest BCUT2D eigenvalue weighted by Gasteiger charge is -2.26. The van der Waals surface area contributed by atoms with Gasteiger partial charge in [-0.05, 0) is 55.9 Å². The van der Waals surface area contributed by atoms with E-state index >= 15 is 0 Å². The number of carbonyl (C=O) groups is 1. The second-order valence-corrected chi connectivity index (χ2v) is 8.38. The second-order valence-electron chi connectivity index (χ2n) is 6.45. The minimum atomic E-state index is -3.42. The fourth-order valence-corrected chi connectivity index (χ4v) is 5.50. The van der Waals surface area contributed by atoms with Crippen LogP contribution >= 0.6 is 0 Å². The Morgan fingerprint density at radius 1 is 1.09 bits per heavy atom. The molecule has 4 rings (SSSR count). The number of hydrogen-bond acceptors (Lipinski definition) is 3. The number of carbonyl (C=O) groups excluding carboxylic acids is 1. The van der Waals surface area contributed by atoms with Crippen molar-refractivity contribution in [2.45, 2.75) is 43.4 Å². The molecule has 1 fully saturated rings. The first kappa shape index (κ1) is 14.2. The second kappa shape index (κ2) is 4.80. The third-order valence-electron chi connectivity index (χ3n) is 5.10. The van der Waals surface area contributed by atoms with Crippen LogP contribution in [0.3, 0.4) is 0 Å². The molecule has 1 atom stereocenters. The van der Waals surface area contributed by atoms with Crippen molar-refractivity contribution in [2.75, 3.05) is 24.5 Å². The van der Waals surface area contributed by atoms with Gasteiger partial charge in [0.15, 0.2) is 0 Å². The topological polar surface area (TPSA) is 57.7 Å². The Bertz CT molecular complexity index is 751. The molecule has 1 aromatic carbocycles. The van der Waals surface area contributed by atoms with Gasteiger partial charge in [-0.15, -0.1) is 0 Å². The van der Waals surface area contributed by atoms with Crippen LogP contribution in [0.25, 0.3) is 0 Å². The van der Waals surface area contributed by atoms with E-state index in [-0.39, 0.29) is 11.8 Å². The zero-order valence-corrected chi connectivity index (χ0v) is 13.5. The first-order valence-corrected chi connectivity index (χ1v) is 9.42. The molecule has 0 radical (unpaired) electrons. The molecule has 0 N–H and O–H groups in total. The van der Waals surface area contributed by atoms with Crippen molar-refractivity contribution in [2.24, 2.45) is 0 Å². The van der Waals surface area contributed by atoms with Gasteiger partial charge in [-0.1, -0.05) is 0 Å². The molecule has 0 unspecified atom stereocenters. The average Bonchev–Trinajstić information content (AvgIpc) is 3.13. The number of sulfonamides is 1. The van der Waals surface area contributed by atoms with Gasteiger partial charge >= 0.3 is 0 Å². The van der Waals surface area contributed by atoms with Gasteiger partial charge in [-0.3, -0.25) is 4.79 Å². The minimum absolute atomic E-state index is 0.103. The van der Waals surface area contributed by atoms with Gasteiger partial charge in [-0.25, -0.2) is 8.42 Å². The summed E-state index contributed by atoms with van der Waals surface area (Å²) in [4.78, 5) is 14.6. The summed E-state index contributed by atoms with van der Waals surface area (Å²) in [6.07, 6.45) is 3.61. The van der Waals surface area contributed by atoms with Crippen molar-refractivity contribution in [3.05, 3.63) is 23.3 Å². The van der Waals surface area contributed by atoms with E-state index in [9.17, 15) is 13.2 Å². The van der Waals surface area contributed by atoms with Crippen molar-refractivity contribution >= 4 is 21.6 Å². The van der Waals surface area contributed by atoms with E-state index in [0.717, 1.165) is 49.0 Å². The van der Waals surface area contributed by atoms with Gasteiger partial charge in [0.25, 0.3) is 0 Å². The van der Waals surface area contributed by atoms with Gasteiger partial charge in [0, 0.05) is 19.6 Å². The van der Waals surface area contributed by atoms with Gasteiger partial charge in [-0.2, -0.15) is 4.31 Å². The molecule has 3 aliphatic heterocycles. The Balaban J connectivity index is 1.86. The monoisotopic (exact) mass is 320 g/mol. The van der Waals surface area contributed by atoms with Gasteiger partial charge in [0.1, 0.15) is 0 Å². The van der Waals surface area contributed by atoms with Gasteiger partial charge in [0.05, 0.1) is 16.5 Å². The maximum atomic E-state index is 12.8. The minimum Gasteiger partial charge on any atom is -0.311 e. The lowest BCUT2D eigenvalue weighted by Crippen LogP contribution is -2.32. The van der Waals surface area contributed by atoms with Gasteiger partial charge < -0.3 is 4.90 Å². The highest BCUT2D eigenvalue weighted by Crippen LogP contribution is 2.44. The smallest absolute Gasteiger partial charge is 0.243 e. The summed E-state index contributed by atoms with van der Waals surface area (Å²) >= 11 is 0. The quantitative estimate of drug-likeness (QED) is 0.836. The zero-order chi connectivity index (χ0) is 15.5. The van der Waals surface area contributed by atoms with Crippen LogP contribution < -0.4 is 4.90 Å². The van der Waals surface area contributed by atoms with Crippen LogP contribution in [0.2, 0.25) is 0 Å². The molecule has 1 amide bonds. The molecule has 1 aromatic rings. The summed E-state index contributed by atoms with van der Waals surface area (Å²) in [6, 6.07) is 3.53. The van der Waals surface area contributed by atoms with E-state index in [4.69, 9.17) is 0 Å². The number of rotatable bonds is 2. The molecule has 118 valence electrons. The molecular weight excluding hydrogens is 300 g/mol. The Morgan fingerprint density at radius 2 is 1.82 bits per heavy atom. The number of nitrogens with zero attached hydrogens (tertiary/aromatic N) is 2. The Kier molecular flexibility index (Phi) is 3.10. The van der Waals surface area contributed by atoms with Crippen LogP contribution in [0, 0.1) is 0 Å². The molecule has 3 aliphatic rings. The molecule has 1 saturated heterocycles. The molecule has 5 nitrogen and oxygen atoms in total. The van der Waals surface area contributed by atoms with E-state index in [1.165, 1.54) is 0 Å². The summed E-state index contributed by atoms with van der Waals surface area (Å²) in [7, 11) is -3.42. The zero-order valence-electron chi connectivity index (χ0n) is 12.7. The summed E-state index contributed by atoms with van der Waals surface area (Å²) in [6.45, 7) is 3.84. The highest BCUT2D eigenvalue weighted by Gasteiger charge is 2.39. The number of anilines is 1. The maximum Gasteiger partial charge on any atom is 0.243 e. The lowest BCUT2D eigenvalue weighted by molar-refractivity contribution is -0.119. The predicted molar refractivity (Wildman–Crippen MR) is 83.5 cm³/mol. The molecule has 3 heterocycles. The SMILES string of the molecule is C[C@H]1C(=O)N2CCCc3cc(S(=O)(=O)N4CCCC4)cc1c32. The summed E-state index contributed by atoms with van der Waals surface area (Å²) in [5.41, 5.74) is 2.88. The van der Waals surface area contributed by atoms with Crippen LogP contribution in [0.15, 0.2) is 17.0 Å². The van der Waals surface area contributed by atoms with Crippen molar-refractivity contribution < 1.29 is 13.2 Å². The van der Waals surface area contributed by atoms with Gasteiger partial charge in [0.2, 0.25) is 15.9 Å². The summed E-state index contributed by atoms with van der Waals surface area (Å²) < 4.78 is 27.2. The van der Waals surface area contributed by atoms with Crippen LogP contribution in [0.5, 0.6) is 0 Å². The predicted octanol–water partition coefficient (Wildman–Crippen LogP) is 1.87. The number of hydrogen-bond donors (Lipinski definition) is 0. The average molecular weight is 320 g/mol. The normalized spacial score (nSPS) is 24.9. The molecule has 0 bridgehead atoms. The Hall–Kier alpha value is -1.40. The Morgan fingerprint density at radius 3 is 2.55 bits per heavy atom.